The Morgan fingerprint density at radius 3 is 2.40 bits per heavy atom. The number of carbonyl (C=O) groups is 1. The number of halogens is 5. The number of nitrogens with one attached hydrogen (secondary N) is 1. The summed E-state index contributed by atoms with van der Waals surface area (Å²) in [4.78, 5) is 16.1. The van der Waals surface area contributed by atoms with Crippen LogP contribution in [0.3, 0.4) is 0 Å². The number of rotatable bonds is 7. The van der Waals surface area contributed by atoms with Crippen LogP contribution in [0.5, 0.6) is 0 Å². The van der Waals surface area contributed by atoms with E-state index in [1.807, 2.05) is 53.1 Å². The molecule has 0 fully saturated rings. The number of hydrogen-bond donors (Lipinski definition) is 1. The van der Waals surface area contributed by atoms with Crippen molar-refractivity contribution >= 4 is 46.7 Å². The van der Waals surface area contributed by atoms with Gasteiger partial charge >= 0.3 is 6.18 Å². The molecule has 1 amide bonds. The number of alkyl halides is 3. The zero-order chi connectivity index (χ0) is 25.0. The lowest BCUT2D eigenvalue weighted by Gasteiger charge is -2.12. The van der Waals surface area contributed by atoms with Crippen molar-refractivity contribution < 1.29 is 18.0 Å². The van der Waals surface area contributed by atoms with E-state index in [4.69, 9.17) is 23.2 Å². The molecule has 0 unspecified atom stereocenters. The number of amides is 1. The highest BCUT2D eigenvalue weighted by Crippen LogP contribution is 2.33. The fourth-order valence-corrected chi connectivity index (χ4v) is 4.30. The van der Waals surface area contributed by atoms with Crippen LogP contribution in [0.4, 0.5) is 19.0 Å². The molecule has 0 spiro atoms. The molecule has 0 aliphatic rings. The summed E-state index contributed by atoms with van der Waals surface area (Å²) >= 11 is 13.4. The quantitative estimate of drug-likeness (QED) is 0.274. The number of anilines is 1. The molecule has 0 radical (unpaired) electrons. The maximum Gasteiger partial charge on any atom is 0.417 e. The van der Waals surface area contributed by atoms with Crippen molar-refractivity contribution in [2.75, 3.05) is 11.1 Å². The van der Waals surface area contributed by atoms with Gasteiger partial charge in [-0.15, -0.1) is 10.2 Å². The van der Waals surface area contributed by atoms with Gasteiger partial charge in [-0.2, -0.15) is 13.2 Å². The summed E-state index contributed by atoms with van der Waals surface area (Å²) in [6.07, 6.45) is -3.97. The maximum absolute atomic E-state index is 12.8. The average Bonchev–Trinajstić information content (AvgIpc) is 3.21. The van der Waals surface area contributed by atoms with Crippen LogP contribution in [-0.2, 0) is 17.5 Å². The van der Waals surface area contributed by atoms with Crippen LogP contribution >= 0.6 is 35.0 Å². The molecule has 0 aliphatic carbocycles. The van der Waals surface area contributed by atoms with Crippen LogP contribution in [0.15, 0.2) is 72.0 Å². The number of hydrogen-bond acceptors (Lipinski definition) is 5. The van der Waals surface area contributed by atoms with Crippen molar-refractivity contribution in [3.8, 4) is 11.4 Å². The molecule has 6 nitrogen and oxygen atoms in total. The van der Waals surface area contributed by atoms with Gasteiger partial charge in [0.2, 0.25) is 5.91 Å². The lowest BCUT2D eigenvalue weighted by molar-refractivity contribution is -0.137. The maximum atomic E-state index is 12.8. The van der Waals surface area contributed by atoms with Crippen molar-refractivity contribution in [3.05, 3.63) is 88.0 Å². The number of thioether (sulfide) groups is 1. The molecule has 180 valence electrons. The lowest BCUT2D eigenvalue weighted by Crippen LogP contribution is -2.17. The first kappa shape index (κ1) is 25.0. The Kier molecular flexibility index (Phi) is 7.63. The zero-order valence-electron chi connectivity index (χ0n) is 17.8. The number of benzene rings is 2. The first-order valence-corrected chi connectivity index (χ1v) is 11.8. The molecule has 0 saturated carbocycles. The Hall–Kier alpha value is -3.08. The molecule has 4 rings (SSSR count). The fourth-order valence-electron chi connectivity index (χ4n) is 3.13. The first-order valence-electron chi connectivity index (χ1n) is 10.1. The van der Waals surface area contributed by atoms with Crippen LogP contribution in [0.2, 0.25) is 10.0 Å². The first-order chi connectivity index (χ1) is 16.7. The minimum Gasteiger partial charge on any atom is -0.309 e. The van der Waals surface area contributed by atoms with Crippen LogP contribution in [-0.4, -0.2) is 31.4 Å². The third-order valence-corrected chi connectivity index (χ3v) is 6.36. The van der Waals surface area contributed by atoms with E-state index in [1.54, 1.807) is 6.07 Å². The van der Waals surface area contributed by atoms with Crippen LogP contribution in [0, 0.1) is 0 Å². The predicted molar refractivity (Wildman–Crippen MR) is 130 cm³/mol. The van der Waals surface area contributed by atoms with Crippen LogP contribution < -0.4 is 5.32 Å². The SMILES string of the molecule is O=C(CSc1nnc(-c2ccccc2Cl)n1Cc1ccccc1)Nc1ncc(C(F)(F)F)cc1Cl. The summed E-state index contributed by atoms with van der Waals surface area (Å²) in [7, 11) is 0. The average molecular weight is 538 g/mol. The molecule has 35 heavy (non-hydrogen) atoms. The molecule has 0 saturated heterocycles. The highest BCUT2D eigenvalue weighted by Gasteiger charge is 2.31. The highest BCUT2D eigenvalue weighted by atomic mass is 35.5. The lowest BCUT2D eigenvalue weighted by atomic mass is 10.2. The summed E-state index contributed by atoms with van der Waals surface area (Å²) in [5, 5.41) is 11.6. The van der Waals surface area contributed by atoms with Gasteiger partial charge in [-0.05, 0) is 23.8 Å². The van der Waals surface area contributed by atoms with E-state index in [0.717, 1.165) is 17.3 Å². The zero-order valence-corrected chi connectivity index (χ0v) is 20.1. The van der Waals surface area contributed by atoms with Gasteiger partial charge in [-0.25, -0.2) is 4.98 Å². The molecule has 2 aromatic carbocycles. The highest BCUT2D eigenvalue weighted by molar-refractivity contribution is 7.99. The molecule has 12 heteroatoms. The van der Waals surface area contributed by atoms with Gasteiger partial charge in [-0.1, -0.05) is 77.4 Å². The van der Waals surface area contributed by atoms with Gasteiger partial charge < -0.3 is 5.32 Å². The molecular weight excluding hydrogens is 522 g/mol. The third-order valence-electron chi connectivity index (χ3n) is 4.77. The molecule has 0 bridgehead atoms. The second-order valence-electron chi connectivity index (χ2n) is 7.25. The Bertz CT molecular complexity index is 1350. The molecule has 0 aliphatic heterocycles. The minimum absolute atomic E-state index is 0.103. The standard InChI is InChI=1S/C23H16Cl2F3N5OS/c24-17-9-5-4-8-16(17)21-31-32-22(33(21)12-14-6-2-1-3-7-14)35-13-19(34)30-20-18(25)10-15(11-29-20)23(26,27)28/h1-11H,12-13H2,(H,29,30,34). The Labute approximate surface area is 212 Å². The Morgan fingerprint density at radius 1 is 1.00 bits per heavy atom. The second kappa shape index (κ2) is 10.7. The number of aromatic nitrogens is 4. The van der Waals surface area contributed by atoms with Crippen molar-refractivity contribution in [3.63, 3.8) is 0 Å². The van der Waals surface area contributed by atoms with Gasteiger partial charge in [-0.3, -0.25) is 9.36 Å². The van der Waals surface area contributed by atoms with Gasteiger partial charge in [0.25, 0.3) is 0 Å². The number of nitrogens with zero attached hydrogens (tertiary/aromatic N) is 4. The van der Waals surface area contributed by atoms with Crippen LogP contribution in [0.1, 0.15) is 11.1 Å². The van der Waals surface area contributed by atoms with E-state index in [9.17, 15) is 18.0 Å². The van der Waals surface area contributed by atoms with E-state index in [2.05, 4.69) is 20.5 Å². The summed E-state index contributed by atoms with van der Waals surface area (Å²) in [6.45, 7) is 0.435. The van der Waals surface area contributed by atoms with E-state index in [1.165, 1.54) is 0 Å². The van der Waals surface area contributed by atoms with Gasteiger partial charge in [0, 0.05) is 11.8 Å². The monoisotopic (exact) mass is 537 g/mol. The number of pyridine rings is 1. The summed E-state index contributed by atoms with van der Waals surface area (Å²) < 4.78 is 40.2. The minimum atomic E-state index is -4.59. The molecule has 4 aromatic rings. The van der Waals surface area contributed by atoms with Gasteiger partial charge in [0.15, 0.2) is 16.8 Å². The molecule has 0 atom stereocenters. The normalized spacial score (nSPS) is 11.5. The topological polar surface area (TPSA) is 72.7 Å². The largest absolute Gasteiger partial charge is 0.417 e. The molecule has 2 heterocycles. The summed E-state index contributed by atoms with van der Waals surface area (Å²) in [6, 6.07) is 17.6. The van der Waals surface area contributed by atoms with Gasteiger partial charge in [0.05, 0.1) is 27.9 Å². The van der Waals surface area contributed by atoms with E-state index >= 15 is 0 Å². The third kappa shape index (κ3) is 6.14. The summed E-state index contributed by atoms with van der Waals surface area (Å²) in [5.41, 5.74) is 0.679. The molecular formula is C23H16Cl2F3N5OS. The molecule has 2 aromatic heterocycles. The second-order valence-corrected chi connectivity index (χ2v) is 9.00. The van der Waals surface area contributed by atoms with E-state index in [-0.39, 0.29) is 16.6 Å². The smallest absolute Gasteiger partial charge is 0.309 e. The van der Waals surface area contributed by atoms with Crippen molar-refractivity contribution in [2.45, 2.75) is 17.9 Å². The number of carbonyl (C=O) groups excluding carboxylic acids is 1. The Morgan fingerprint density at radius 2 is 1.71 bits per heavy atom. The van der Waals surface area contributed by atoms with Crippen LogP contribution in [0.25, 0.3) is 11.4 Å². The predicted octanol–water partition coefficient (Wildman–Crippen LogP) is 6.44. The van der Waals surface area contributed by atoms with E-state index < -0.39 is 17.6 Å². The van der Waals surface area contributed by atoms with Crippen molar-refractivity contribution in [1.82, 2.24) is 19.7 Å². The van der Waals surface area contributed by atoms with E-state index in [0.29, 0.717) is 40.4 Å². The van der Waals surface area contributed by atoms with Gasteiger partial charge in [0.1, 0.15) is 0 Å². The summed E-state index contributed by atoms with van der Waals surface area (Å²) in [5.74, 6) is -0.241. The molecule has 1 N–H and O–H groups in total. The van der Waals surface area contributed by atoms with Crippen molar-refractivity contribution in [1.29, 1.82) is 0 Å². The van der Waals surface area contributed by atoms with Crippen molar-refractivity contribution in [2.24, 2.45) is 0 Å². The fraction of sp³-hybridized carbons (Fsp3) is 0.130. The Balaban J connectivity index is 1.53.